The van der Waals surface area contributed by atoms with E-state index in [1.165, 1.54) is 10.8 Å². The number of anilines is 1. The summed E-state index contributed by atoms with van der Waals surface area (Å²) in [4.78, 5) is 26.7. The SMILES string of the molecule is O=C1Nc2nc(=O)n([C@H]3CC(O)[C@@H](CO)O3)cc2CO1. The quantitative estimate of drug-likeness (QED) is 0.632. The predicted molar refractivity (Wildman–Crippen MR) is 63.9 cm³/mol. The number of hydrogen-bond acceptors (Lipinski definition) is 7. The fourth-order valence-electron chi connectivity index (χ4n) is 2.26. The smallest absolute Gasteiger partial charge is 0.413 e. The first-order valence-corrected chi connectivity index (χ1v) is 6.08. The average Bonchev–Trinajstić information content (AvgIpc) is 2.79. The number of carbonyl (C=O) groups excluding carboxylic acids is 1. The molecular formula is C11H13N3O6. The monoisotopic (exact) mass is 283 g/mol. The second kappa shape index (κ2) is 4.85. The van der Waals surface area contributed by atoms with Crippen molar-refractivity contribution in [3.8, 4) is 0 Å². The van der Waals surface area contributed by atoms with E-state index in [1.54, 1.807) is 0 Å². The summed E-state index contributed by atoms with van der Waals surface area (Å²) in [6, 6.07) is 0. The molecule has 0 aliphatic carbocycles. The van der Waals surface area contributed by atoms with Crippen molar-refractivity contribution in [2.45, 2.75) is 31.5 Å². The third kappa shape index (κ3) is 2.15. The first-order valence-electron chi connectivity index (χ1n) is 6.08. The van der Waals surface area contributed by atoms with Gasteiger partial charge in [-0.15, -0.1) is 0 Å². The van der Waals surface area contributed by atoms with E-state index >= 15 is 0 Å². The first kappa shape index (κ1) is 13.0. The van der Waals surface area contributed by atoms with Gasteiger partial charge in [-0.1, -0.05) is 0 Å². The van der Waals surface area contributed by atoms with Crippen LogP contribution in [-0.2, 0) is 16.1 Å². The number of rotatable bonds is 2. The molecule has 0 radical (unpaired) electrons. The third-order valence-electron chi connectivity index (χ3n) is 3.30. The number of carbonyl (C=O) groups is 1. The minimum absolute atomic E-state index is 0.00709. The summed E-state index contributed by atoms with van der Waals surface area (Å²) in [5.41, 5.74) is -0.0727. The molecule has 1 aromatic rings. The molecule has 0 bridgehead atoms. The van der Waals surface area contributed by atoms with Crippen molar-refractivity contribution in [1.82, 2.24) is 9.55 Å². The Bertz CT molecular complexity index is 600. The Balaban J connectivity index is 1.92. The van der Waals surface area contributed by atoms with Crippen molar-refractivity contribution < 1.29 is 24.5 Å². The number of aliphatic hydroxyl groups excluding tert-OH is 2. The molecule has 0 saturated carbocycles. The zero-order valence-electron chi connectivity index (χ0n) is 10.4. The Hall–Kier alpha value is -1.97. The van der Waals surface area contributed by atoms with Crippen molar-refractivity contribution >= 4 is 11.9 Å². The zero-order valence-corrected chi connectivity index (χ0v) is 10.4. The second-order valence-electron chi connectivity index (χ2n) is 4.62. The number of aliphatic hydroxyl groups is 2. The van der Waals surface area contributed by atoms with Crippen LogP contribution in [0.3, 0.4) is 0 Å². The molecule has 3 atom stereocenters. The van der Waals surface area contributed by atoms with Gasteiger partial charge in [0, 0.05) is 18.2 Å². The van der Waals surface area contributed by atoms with Crippen LogP contribution in [0.4, 0.5) is 10.6 Å². The van der Waals surface area contributed by atoms with Gasteiger partial charge < -0.3 is 19.7 Å². The Morgan fingerprint density at radius 2 is 2.30 bits per heavy atom. The number of fused-ring (bicyclic) bond motifs is 1. The van der Waals surface area contributed by atoms with Gasteiger partial charge >= 0.3 is 11.8 Å². The molecule has 1 aromatic heterocycles. The van der Waals surface area contributed by atoms with Crippen molar-refractivity contribution in [3.63, 3.8) is 0 Å². The summed E-state index contributed by atoms with van der Waals surface area (Å²) >= 11 is 0. The lowest BCUT2D eigenvalue weighted by Gasteiger charge is -2.20. The van der Waals surface area contributed by atoms with Crippen molar-refractivity contribution in [2.24, 2.45) is 0 Å². The number of aromatic nitrogens is 2. The van der Waals surface area contributed by atoms with E-state index in [0.717, 1.165) is 0 Å². The summed E-state index contributed by atoms with van der Waals surface area (Å²) in [5, 5.41) is 21.0. The van der Waals surface area contributed by atoms with Gasteiger partial charge in [0.2, 0.25) is 0 Å². The van der Waals surface area contributed by atoms with Crippen LogP contribution in [0, 0.1) is 0 Å². The van der Waals surface area contributed by atoms with Gasteiger partial charge in [0.1, 0.15) is 24.8 Å². The average molecular weight is 283 g/mol. The standard InChI is InChI=1S/C11H13N3O6/c15-3-7-6(16)1-8(20-7)14-2-5-4-19-11(18)13-9(5)12-10(14)17/h2,6-8,15-16H,1,3-4H2,(H,12,13,17,18)/t6?,7-,8-/m1/s1. The van der Waals surface area contributed by atoms with Crippen LogP contribution >= 0.6 is 0 Å². The van der Waals surface area contributed by atoms with Gasteiger partial charge in [0.25, 0.3) is 0 Å². The van der Waals surface area contributed by atoms with Crippen LogP contribution in [0.25, 0.3) is 0 Å². The van der Waals surface area contributed by atoms with E-state index in [9.17, 15) is 14.7 Å². The van der Waals surface area contributed by atoms with E-state index in [2.05, 4.69) is 10.3 Å². The molecule has 0 spiro atoms. The molecule has 108 valence electrons. The molecule has 9 nitrogen and oxygen atoms in total. The lowest BCUT2D eigenvalue weighted by atomic mass is 10.2. The summed E-state index contributed by atoms with van der Waals surface area (Å²) < 4.78 is 11.4. The molecule has 20 heavy (non-hydrogen) atoms. The van der Waals surface area contributed by atoms with Crippen LogP contribution in [0.5, 0.6) is 0 Å². The Morgan fingerprint density at radius 1 is 1.50 bits per heavy atom. The molecule has 9 heteroatoms. The van der Waals surface area contributed by atoms with Crippen LogP contribution in [0.2, 0.25) is 0 Å². The highest BCUT2D eigenvalue weighted by Crippen LogP contribution is 2.28. The first-order chi connectivity index (χ1) is 9.58. The van der Waals surface area contributed by atoms with Crippen molar-refractivity contribution in [3.05, 3.63) is 22.2 Å². The molecule has 1 fully saturated rings. The maximum Gasteiger partial charge on any atom is 0.413 e. The number of nitrogens with one attached hydrogen (secondary N) is 1. The summed E-state index contributed by atoms with van der Waals surface area (Å²) in [7, 11) is 0. The topological polar surface area (TPSA) is 123 Å². The van der Waals surface area contributed by atoms with E-state index < -0.39 is 30.2 Å². The lowest BCUT2D eigenvalue weighted by Crippen LogP contribution is -2.32. The van der Waals surface area contributed by atoms with E-state index in [4.69, 9.17) is 14.6 Å². The molecule has 1 saturated heterocycles. The Kier molecular flexibility index (Phi) is 3.16. The molecular weight excluding hydrogens is 270 g/mol. The minimum Gasteiger partial charge on any atom is -0.444 e. The van der Waals surface area contributed by atoms with Gasteiger partial charge in [-0.25, -0.2) is 9.59 Å². The van der Waals surface area contributed by atoms with E-state index in [-0.39, 0.29) is 25.5 Å². The van der Waals surface area contributed by atoms with Gasteiger partial charge in [0.05, 0.1) is 12.7 Å². The highest BCUT2D eigenvalue weighted by molar-refractivity contribution is 5.85. The molecule has 2 aliphatic rings. The van der Waals surface area contributed by atoms with Gasteiger partial charge in [-0.3, -0.25) is 9.88 Å². The van der Waals surface area contributed by atoms with Crippen molar-refractivity contribution in [1.29, 1.82) is 0 Å². The summed E-state index contributed by atoms with van der Waals surface area (Å²) in [6.45, 7) is -0.322. The third-order valence-corrected chi connectivity index (χ3v) is 3.30. The maximum atomic E-state index is 11.9. The molecule has 0 aromatic carbocycles. The van der Waals surface area contributed by atoms with Gasteiger partial charge in [-0.2, -0.15) is 4.98 Å². The fraction of sp³-hybridized carbons (Fsp3) is 0.545. The summed E-state index contributed by atoms with van der Waals surface area (Å²) in [5.74, 6) is 0.166. The molecule has 1 amide bonds. The molecule has 3 rings (SSSR count). The highest BCUT2D eigenvalue weighted by Gasteiger charge is 2.35. The van der Waals surface area contributed by atoms with Crippen LogP contribution in [0.1, 0.15) is 18.2 Å². The fourth-order valence-corrected chi connectivity index (χ4v) is 2.26. The normalized spacial score (nSPS) is 28.7. The van der Waals surface area contributed by atoms with Gasteiger partial charge in [0.15, 0.2) is 0 Å². The maximum absolute atomic E-state index is 11.9. The molecule has 1 unspecified atom stereocenters. The minimum atomic E-state index is -0.844. The number of ether oxygens (including phenoxy) is 2. The highest BCUT2D eigenvalue weighted by atomic mass is 16.6. The van der Waals surface area contributed by atoms with Crippen LogP contribution in [0.15, 0.2) is 11.0 Å². The van der Waals surface area contributed by atoms with E-state index in [0.29, 0.717) is 5.56 Å². The predicted octanol–water partition coefficient (Wildman–Crippen LogP) is -1.05. The number of nitrogens with zero attached hydrogens (tertiary/aromatic N) is 2. The number of amides is 1. The molecule has 2 aliphatic heterocycles. The van der Waals surface area contributed by atoms with Crippen molar-refractivity contribution in [2.75, 3.05) is 11.9 Å². The number of hydrogen-bond donors (Lipinski definition) is 3. The lowest BCUT2D eigenvalue weighted by molar-refractivity contribution is -0.0460. The van der Waals surface area contributed by atoms with E-state index in [1.807, 2.05) is 0 Å². The summed E-state index contributed by atoms with van der Waals surface area (Å²) in [6.07, 6.45) is -1.28. The molecule has 3 heterocycles. The Labute approximate surface area is 112 Å². The zero-order chi connectivity index (χ0) is 14.3. The molecule has 3 N–H and O–H groups in total. The largest absolute Gasteiger partial charge is 0.444 e. The van der Waals surface area contributed by atoms with Gasteiger partial charge in [-0.05, 0) is 0 Å². The van der Waals surface area contributed by atoms with Crippen LogP contribution < -0.4 is 11.0 Å². The number of cyclic esters (lactones) is 1. The van der Waals surface area contributed by atoms with Crippen LogP contribution in [-0.4, -0.2) is 44.7 Å². The Morgan fingerprint density at radius 3 is 3.00 bits per heavy atom. The second-order valence-corrected chi connectivity index (χ2v) is 4.62.